The topological polar surface area (TPSA) is 50.3 Å². The molecule has 2 aromatic carbocycles. The summed E-state index contributed by atoms with van der Waals surface area (Å²) in [6.45, 7) is 0. The number of thiazole rings is 1. The first-order valence-electron chi connectivity index (χ1n) is 6.73. The molecule has 0 fully saturated rings. The van der Waals surface area contributed by atoms with E-state index in [4.69, 9.17) is 0 Å². The van der Waals surface area contributed by atoms with Gasteiger partial charge in [-0.2, -0.15) is 0 Å². The van der Waals surface area contributed by atoms with Crippen molar-refractivity contribution in [2.75, 3.05) is 4.90 Å². The average Bonchev–Trinajstić information content (AvgIpc) is 3.17. The number of hydrogen-bond acceptors (Lipinski definition) is 4. The zero-order valence-electron chi connectivity index (χ0n) is 11.4. The lowest BCUT2D eigenvalue weighted by atomic mass is 10.1. The Labute approximate surface area is 130 Å². The molecule has 0 saturated heterocycles. The van der Waals surface area contributed by atoms with Crippen LogP contribution in [-0.4, -0.2) is 16.8 Å². The van der Waals surface area contributed by atoms with Crippen LogP contribution in [0, 0.1) is 0 Å². The van der Waals surface area contributed by atoms with Gasteiger partial charge in [-0.1, -0.05) is 12.1 Å². The molecule has 1 aromatic heterocycles. The van der Waals surface area contributed by atoms with Crippen molar-refractivity contribution >= 4 is 28.8 Å². The number of carbonyl (C=O) groups excluding carboxylic acids is 2. The smallest absolute Gasteiger partial charge is 0.266 e. The van der Waals surface area contributed by atoms with Crippen LogP contribution in [0.2, 0.25) is 0 Å². The van der Waals surface area contributed by atoms with Crippen LogP contribution in [-0.2, 0) is 0 Å². The van der Waals surface area contributed by atoms with Gasteiger partial charge in [0, 0.05) is 17.1 Å². The van der Waals surface area contributed by atoms with E-state index in [2.05, 4.69) is 4.98 Å². The van der Waals surface area contributed by atoms with Gasteiger partial charge in [-0.05, 0) is 36.4 Å². The fourth-order valence-electron chi connectivity index (χ4n) is 2.54. The summed E-state index contributed by atoms with van der Waals surface area (Å²) in [4.78, 5) is 30.3. The van der Waals surface area contributed by atoms with Crippen LogP contribution in [0.5, 0.6) is 0 Å². The van der Waals surface area contributed by atoms with Crippen molar-refractivity contribution in [3.63, 3.8) is 0 Å². The molecule has 0 aliphatic carbocycles. The third kappa shape index (κ3) is 1.87. The highest BCUT2D eigenvalue weighted by Crippen LogP contribution is 2.30. The highest BCUT2D eigenvalue weighted by molar-refractivity contribution is 7.13. The van der Waals surface area contributed by atoms with Crippen LogP contribution < -0.4 is 4.90 Å². The molecular weight excluding hydrogens is 296 g/mol. The number of amides is 2. The number of anilines is 1. The fourth-order valence-corrected chi connectivity index (χ4v) is 3.19. The molecule has 0 N–H and O–H groups in total. The molecule has 0 radical (unpaired) electrons. The van der Waals surface area contributed by atoms with Crippen molar-refractivity contribution in [3.8, 4) is 10.6 Å². The monoisotopic (exact) mass is 306 g/mol. The van der Waals surface area contributed by atoms with Gasteiger partial charge < -0.3 is 0 Å². The number of nitrogens with zero attached hydrogens (tertiary/aromatic N) is 2. The predicted molar refractivity (Wildman–Crippen MR) is 85.1 cm³/mol. The van der Waals surface area contributed by atoms with Gasteiger partial charge in [0.2, 0.25) is 0 Å². The molecule has 2 heterocycles. The first-order valence-corrected chi connectivity index (χ1v) is 7.61. The fraction of sp³-hybridized carbons (Fsp3) is 0. The maximum Gasteiger partial charge on any atom is 0.266 e. The van der Waals surface area contributed by atoms with Crippen molar-refractivity contribution in [1.29, 1.82) is 0 Å². The lowest BCUT2D eigenvalue weighted by Crippen LogP contribution is -2.29. The Morgan fingerprint density at radius 1 is 0.864 bits per heavy atom. The van der Waals surface area contributed by atoms with Gasteiger partial charge in [-0.25, -0.2) is 9.88 Å². The van der Waals surface area contributed by atoms with Crippen LogP contribution in [0.1, 0.15) is 20.7 Å². The summed E-state index contributed by atoms with van der Waals surface area (Å²) in [5, 5.41) is 2.82. The van der Waals surface area contributed by atoms with E-state index in [9.17, 15) is 9.59 Å². The van der Waals surface area contributed by atoms with E-state index in [1.165, 1.54) is 4.90 Å². The average molecular weight is 306 g/mol. The van der Waals surface area contributed by atoms with E-state index in [0.717, 1.165) is 10.6 Å². The maximum atomic E-state index is 12.4. The molecule has 3 aromatic rings. The highest BCUT2D eigenvalue weighted by atomic mass is 32.1. The molecule has 0 unspecified atom stereocenters. The molecule has 106 valence electrons. The summed E-state index contributed by atoms with van der Waals surface area (Å²) in [6.07, 6.45) is 1.75. The second-order valence-corrected chi connectivity index (χ2v) is 5.77. The lowest BCUT2D eigenvalue weighted by molar-refractivity contribution is 0.0926. The third-order valence-electron chi connectivity index (χ3n) is 3.60. The van der Waals surface area contributed by atoms with Crippen molar-refractivity contribution in [2.45, 2.75) is 0 Å². The number of hydrogen-bond donors (Lipinski definition) is 0. The van der Waals surface area contributed by atoms with E-state index >= 15 is 0 Å². The molecule has 4 nitrogen and oxygen atoms in total. The SMILES string of the molecule is O=C1c2ccccc2C(=O)N1c1ccc(-c2nccs2)cc1. The van der Waals surface area contributed by atoms with Crippen LogP contribution in [0.25, 0.3) is 10.6 Å². The second-order valence-electron chi connectivity index (χ2n) is 4.88. The summed E-state index contributed by atoms with van der Waals surface area (Å²) < 4.78 is 0. The summed E-state index contributed by atoms with van der Waals surface area (Å²) >= 11 is 1.55. The van der Waals surface area contributed by atoms with Gasteiger partial charge in [-0.3, -0.25) is 9.59 Å². The van der Waals surface area contributed by atoms with Crippen LogP contribution >= 0.6 is 11.3 Å². The second kappa shape index (κ2) is 4.89. The van der Waals surface area contributed by atoms with Crippen molar-refractivity contribution in [1.82, 2.24) is 4.98 Å². The van der Waals surface area contributed by atoms with Gasteiger partial charge in [0.25, 0.3) is 11.8 Å². The van der Waals surface area contributed by atoms with Gasteiger partial charge in [0.1, 0.15) is 5.01 Å². The minimum absolute atomic E-state index is 0.275. The number of imide groups is 1. The Balaban J connectivity index is 1.72. The van der Waals surface area contributed by atoms with E-state index < -0.39 is 0 Å². The molecule has 2 amide bonds. The summed E-state index contributed by atoms with van der Waals surface area (Å²) in [5.74, 6) is -0.551. The Bertz CT molecular complexity index is 835. The third-order valence-corrected chi connectivity index (χ3v) is 4.42. The number of benzene rings is 2. The zero-order chi connectivity index (χ0) is 15.1. The number of aromatic nitrogens is 1. The molecule has 1 aliphatic rings. The first-order chi connectivity index (χ1) is 10.8. The van der Waals surface area contributed by atoms with E-state index in [0.29, 0.717) is 16.8 Å². The molecule has 4 rings (SSSR count). The molecule has 0 bridgehead atoms. The molecule has 0 saturated carbocycles. The Kier molecular flexibility index (Phi) is 2.87. The largest absolute Gasteiger partial charge is 0.268 e. The standard InChI is InChI=1S/C17H10N2O2S/c20-16-13-3-1-2-4-14(13)17(21)19(16)12-7-5-11(6-8-12)15-18-9-10-22-15/h1-10H. The zero-order valence-corrected chi connectivity index (χ0v) is 12.2. The minimum Gasteiger partial charge on any atom is -0.268 e. The Hall–Kier alpha value is -2.79. The highest BCUT2D eigenvalue weighted by Gasteiger charge is 2.36. The van der Waals surface area contributed by atoms with Crippen LogP contribution in [0.15, 0.2) is 60.1 Å². The van der Waals surface area contributed by atoms with Crippen molar-refractivity contribution in [2.24, 2.45) is 0 Å². The molecule has 0 spiro atoms. The predicted octanol–water partition coefficient (Wildman–Crippen LogP) is 3.61. The van der Waals surface area contributed by atoms with Crippen LogP contribution in [0.3, 0.4) is 0 Å². The van der Waals surface area contributed by atoms with Crippen molar-refractivity contribution in [3.05, 3.63) is 71.2 Å². The lowest BCUT2D eigenvalue weighted by Gasteiger charge is -2.14. The molecule has 0 atom stereocenters. The van der Waals surface area contributed by atoms with Gasteiger partial charge >= 0.3 is 0 Å². The van der Waals surface area contributed by atoms with Crippen molar-refractivity contribution < 1.29 is 9.59 Å². The van der Waals surface area contributed by atoms with E-state index in [1.54, 1.807) is 53.9 Å². The minimum atomic E-state index is -0.275. The first kappa shape index (κ1) is 12.9. The van der Waals surface area contributed by atoms with E-state index in [-0.39, 0.29) is 11.8 Å². The van der Waals surface area contributed by atoms with Gasteiger partial charge in [0.15, 0.2) is 0 Å². The summed E-state index contributed by atoms with van der Waals surface area (Å²) in [6, 6.07) is 14.2. The van der Waals surface area contributed by atoms with E-state index in [1.807, 2.05) is 17.5 Å². The normalized spacial score (nSPS) is 13.5. The Morgan fingerprint density at radius 2 is 1.50 bits per heavy atom. The maximum absolute atomic E-state index is 12.4. The van der Waals surface area contributed by atoms with Crippen LogP contribution in [0.4, 0.5) is 5.69 Å². The summed E-state index contributed by atoms with van der Waals surface area (Å²) in [7, 11) is 0. The quantitative estimate of drug-likeness (QED) is 0.680. The number of fused-ring (bicyclic) bond motifs is 1. The molecule has 22 heavy (non-hydrogen) atoms. The molecular formula is C17H10N2O2S. The van der Waals surface area contributed by atoms with Gasteiger partial charge in [-0.15, -0.1) is 11.3 Å². The molecule has 1 aliphatic heterocycles. The number of rotatable bonds is 2. The molecule has 5 heteroatoms. The summed E-state index contributed by atoms with van der Waals surface area (Å²) in [5.41, 5.74) is 2.45. The Morgan fingerprint density at radius 3 is 2.05 bits per heavy atom. The number of carbonyl (C=O) groups is 2. The van der Waals surface area contributed by atoms with Gasteiger partial charge in [0.05, 0.1) is 16.8 Å².